The molecule has 4 heteroatoms. The molecule has 0 saturated carbocycles. The molecule has 0 bridgehead atoms. The summed E-state index contributed by atoms with van der Waals surface area (Å²) in [6.07, 6.45) is 3.25. The molecule has 0 aliphatic carbocycles. The Kier molecular flexibility index (Phi) is 4.91. The highest BCUT2D eigenvalue weighted by Gasteiger charge is 2.14. The zero-order valence-corrected chi connectivity index (χ0v) is 12.3. The van der Waals surface area contributed by atoms with Crippen LogP contribution in [0.3, 0.4) is 0 Å². The van der Waals surface area contributed by atoms with Crippen molar-refractivity contribution in [2.24, 2.45) is 0 Å². The van der Waals surface area contributed by atoms with Crippen molar-refractivity contribution in [3.05, 3.63) is 58.1 Å². The van der Waals surface area contributed by atoms with Gasteiger partial charge in [-0.25, -0.2) is 9.37 Å². The number of rotatable bonds is 5. The molecule has 1 aromatic carbocycles. The summed E-state index contributed by atoms with van der Waals surface area (Å²) >= 11 is 3.26. The number of ether oxygens (including phenoxy) is 1. The second-order valence-corrected chi connectivity index (χ2v) is 5.19. The average Bonchev–Trinajstić information content (AvgIpc) is 2.41. The number of hydrogen-bond donors (Lipinski definition) is 0. The first kappa shape index (κ1) is 14.0. The lowest BCUT2D eigenvalue weighted by Crippen LogP contribution is -2.14. The van der Waals surface area contributed by atoms with Gasteiger partial charge >= 0.3 is 0 Å². The molecule has 0 amide bonds. The first-order valence-corrected chi connectivity index (χ1v) is 7.06. The highest BCUT2D eigenvalue weighted by Crippen LogP contribution is 2.21. The van der Waals surface area contributed by atoms with Gasteiger partial charge in [0.05, 0.1) is 13.0 Å². The summed E-state index contributed by atoms with van der Waals surface area (Å²) in [5.74, 6) is 0.569. The molecule has 0 saturated heterocycles. The van der Waals surface area contributed by atoms with E-state index in [1.807, 2.05) is 24.4 Å². The van der Waals surface area contributed by atoms with Crippen LogP contribution in [0.15, 0.2) is 41.0 Å². The lowest BCUT2D eigenvalue weighted by atomic mass is 10.1. The number of pyridine rings is 1. The molecular weight excluding hydrogens is 309 g/mol. The lowest BCUT2D eigenvalue weighted by Gasteiger charge is -2.06. The zero-order valence-electron chi connectivity index (χ0n) is 10.7. The Morgan fingerprint density at radius 2 is 2.16 bits per heavy atom. The van der Waals surface area contributed by atoms with Gasteiger partial charge in [-0.05, 0) is 30.2 Å². The van der Waals surface area contributed by atoms with Gasteiger partial charge in [0.2, 0.25) is 5.69 Å². The molecule has 100 valence electrons. The summed E-state index contributed by atoms with van der Waals surface area (Å²) in [7, 11) is 0. The first-order chi connectivity index (χ1) is 9.20. The number of halogens is 2. The van der Waals surface area contributed by atoms with Crippen LogP contribution >= 0.6 is 15.9 Å². The van der Waals surface area contributed by atoms with E-state index in [2.05, 4.69) is 27.8 Å². The smallest absolute Gasteiger partial charge is 0.226 e. The van der Waals surface area contributed by atoms with Gasteiger partial charge in [-0.2, -0.15) is 0 Å². The summed E-state index contributed by atoms with van der Waals surface area (Å²) in [4.78, 5) is 3.13. The third-order valence-corrected chi connectivity index (χ3v) is 3.24. The van der Waals surface area contributed by atoms with Crippen molar-refractivity contribution < 1.29 is 14.1 Å². The highest BCUT2D eigenvalue weighted by atomic mass is 79.9. The van der Waals surface area contributed by atoms with E-state index in [1.165, 1.54) is 6.07 Å². The standard InChI is InChI=1S/C15H15BrFNO/c1-2-8-19-15-4-3-7-18-14(15)9-11-5-6-12(16)10-13(11)17/h3-7,10H,2,8-9H2,1H3/p+1. The SMILES string of the molecule is CCCOc1ccc[nH+]c1Cc1ccc(Br)cc1F. The van der Waals surface area contributed by atoms with Crippen LogP contribution in [0.25, 0.3) is 0 Å². The minimum Gasteiger partial charge on any atom is -0.487 e. The maximum atomic E-state index is 13.8. The van der Waals surface area contributed by atoms with E-state index in [9.17, 15) is 4.39 Å². The van der Waals surface area contributed by atoms with Crippen molar-refractivity contribution in [2.45, 2.75) is 19.8 Å². The van der Waals surface area contributed by atoms with Crippen molar-refractivity contribution in [2.75, 3.05) is 6.61 Å². The molecule has 1 heterocycles. The monoisotopic (exact) mass is 324 g/mol. The highest BCUT2D eigenvalue weighted by molar-refractivity contribution is 9.10. The number of aromatic amines is 1. The van der Waals surface area contributed by atoms with Gasteiger partial charge in [0.1, 0.15) is 5.82 Å². The van der Waals surface area contributed by atoms with Crippen LogP contribution < -0.4 is 9.72 Å². The molecule has 2 aromatic rings. The molecule has 0 fully saturated rings. The Balaban J connectivity index is 2.22. The van der Waals surface area contributed by atoms with E-state index in [-0.39, 0.29) is 5.82 Å². The third-order valence-electron chi connectivity index (χ3n) is 2.74. The Bertz CT molecular complexity index is 560. The summed E-state index contributed by atoms with van der Waals surface area (Å²) in [5, 5.41) is 0. The molecule has 0 aliphatic rings. The Morgan fingerprint density at radius 3 is 2.89 bits per heavy atom. The van der Waals surface area contributed by atoms with Crippen LogP contribution in [0.1, 0.15) is 24.6 Å². The summed E-state index contributed by atoms with van der Waals surface area (Å²) in [5.41, 5.74) is 1.53. The van der Waals surface area contributed by atoms with E-state index in [0.29, 0.717) is 18.6 Å². The lowest BCUT2D eigenvalue weighted by molar-refractivity contribution is -0.390. The zero-order chi connectivity index (χ0) is 13.7. The van der Waals surface area contributed by atoms with Crippen molar-refractivity contribution >= 4 is 15.9 Å². The molecule has 2 nitrogen and oxygen atoms in total. The normalized spacial score (nSPS) is 10.5. The fraction of sp³-hybridized carbons (Fsp3) is 0.267. The third kappa shape index (κ3) is 3.77. The van der Waals surface area contributed by atoms with Gasteiger partial charge in [-0.3, -0.25) is 0 Å². The number of hydrogen-bond acceptors (Lipinski definition) is 1. The predicted octanol–water partition coefficient (Wildman–Crippen LogP) is 3.78. The predicted molar refractivity (Wildman–Crippen MR) is 75.7 cm³/mol. The number of aromatic nitrogens is 1. The van der Waals surface area contributed by atoms with Crippen LogP contribution in [0.5, 0.6) is 5.75 Å². The second kappa shape index (κ2) is 6.66. The fourth-order valence-electron chi connectivity index (χ4n) is 1.80. The van der Waals surface area contributed by atoms with Crippen LogP contribution in [-0.2, 0) is 6.42 Å². The van der Waals surface area contributed by atoms with Crippen LogP contribution in [0.4, 0.5) is 4.39 Å². The molecular formula is C15H16BrFNO+. The molecule has 1 aromatic heterocycles. The van der Waals surface area contributed by atoms with E-state index in [1.54, 1.807) is 6.07 Å². The van der Waals surface area contributed by atoms with E-state index >= 15 is 0 Å². The molecule has 19 heavy (non-hydrogen) atoms. The van der Waals surface area contributed by atoms with Gasteiger partial charge in [0.25, 0.3) is 0 Å². The molecule has 0 aliphatic heterocycles. The topological polar surface area (TPSA) is 23.4 Å². The van der Waals surface area contributed by atoms with Gasteiger partial charge in [0.15, 0.2) is 11.9 Å². The molecule has 1 N–H and O–H groups in total. The van der Waals surface area contributed by atoms with Crippen molar-refractivity contribution in [3.8, 4) is 5.75 Å². The Labute approximate surface area is 120 Å². The minimum absolute atomic E-state index is 0.215. The number of nitrogens with one attached hydrogen (secondary N) is 1. The Morgan fingerprint density at radius 1 is 1.32 bits per heavy atom. The fourth-order valence-corrected chi connectivity index (χ4v) is 2.13. The van der Waals surface area contributed by atoms with Gasteiger partial charge in [0, 0.05) is 10.5 Å². The Hall–Kier alpha value is -1.42. The largest absolute Gasteiger partial charge is 0.487 e. The molecule has 2 rings (SSSR count). The van der Waals surface area contributed by atoms with Crippen LogP contribution in [0.2, 0.25) is 0 Å². The quantitative estimate of drug-likeness (QED) is 0.820. The molecule has 0 radical (unpaired) electrons. The van der Waals surface area contributed by atoms with Crippen molar-refractivity contribution in [1.29, 1.82) is 0 Å². The van der Waals surface area contributed by atoms with Gasteiger partial charge in [-0.15, -0.1) is 0 Å². The first-order valence-electron chi connectivity index (χ1n) is 6.27. The number of benzene rings is 1. The molecule has 0 atom stereocenters. The maximum Gasteiger partial charge on any atom is 0.226 e. The van der Waals surface area contributed by atoms with Gasteiger partial charge in [-0.1, -0.05) is 28.9 Å². The van der Waals surface area contributed by atoms with Gasteiger partial charge < -0.3 is 4.74 Å². The number of H-pyrrole nitrogens is 1. The van der Waals surface area contributed by atoms with Crippen molar-refractivity contribution in [3.63, 3.8) is 0 Å². The van der Waals surface area contributed by atoms with Crippen molar-refractivity contribution in [1.82, 2.24) is 0 Å². The van der Waals surface area contributed by atoms with Crippen LogP contribution in [-0.4, -0.2) is 6.61 Å². The maximum absolute atomic E-state index is 13.8. The second-order valence-electron chi connectivity index (χ2n) is 4.27. The molecule has 0 unspecified atom stereocenters. The van der Waals surface area contributed by atoms with E-state index in [4.69, 9.17) is 4.74 Å². The summed E-state index contributed by atoms with van der Waals surface area (Å²) < 4.78 is 20.2. The average molecular weight is 325 g/mol. The van der Waals surface area contributed by atoms with Crippen LogP contribution in [0, 0.1) is 5.82 Å². The molecule has 0 spiro atoms. The summed E-state index contributed by atoms with van der Waals surface area (Å²) in [6.45, 7) is 2.72. The minimum atomic E-state index is -0.215. The van der Waals surface area contributed by atoms with E-state index in [0.717, 1.165) is 22.3 Å². The van der Waals surface area contributed by atoms with E-state index < -0.39 is 0 Å². The summed E-state index contributed by atoms with van der Waals surface area (Å²) in [6, 6.07) is 8.88.